The fourth-order valence-corrected chi connectivity index (χ4v) is 2.96. The smallest absolute Gasteiger partial charge is 0.129 e. The first-order chi connectivity index (χ1) is 9.11. The Hall–Kier alpha value is -1.09. The Kier molecular flexibility index (Phi) is 4.81. The summed E-state index contributed by atoms with van der Waals surface area (Å²) in [5.74, 6) is 1.91. The molecule has 1 aromatic rings. The van der Waals surface area contributed by atoms with Crippen LogP contribution in [0.4, 0.5) is 5.82 Å². The summed E-state index contributed by atoms with van der Waals surface area (Å²) in [6.07, 6.45) is 4.39. The summed E-state index contributed by atoms with van der Waals surface area (Å²) in [4.78, 5) is 7.01. The van der Waals surface area contributed by atoms with Crippen molar-refractivity contribution >= 4 is 5.82 Å². The molecule has 3 heteroatoms. The Morgan fingerprint density at radius 2 is 2.26 bits per heavy atom. The summed E-state index contributed by atoms with van der Waals surface area (Å²) in [5.41, 5.74) is 1.34. The highest BCUT2D eigenvalue weighted by atomic mass is 15.2. The number of hydrogen-bond acceptors (Lipinski definition) is 3. The minimum absolute atomic E-state index is 0.400. The fraction of sp³-hybridized carbons (Fsp3) is 0.688. The highest BCUT2D eigenvalue weighted by molar-refractivity contribution is 5.44. The van der Waals surface area contributed by atoms with Crippen molar-refractivity contribution in [2.45, 2.75) is 52.6 Å². The monoisotopic (exact) mass is 261 g/mol. The maximum absolute atomic E-state index is 4.57. The summed E-state index contributed by atoms with van der Waals surface area (Å²) in [6.45, 7) is 11.3. The number of anilines is 1. The standard InChI is InChI=1S/C16H27N3/c1-5-7-17-14(4)15-6-8-18-16(10-15)19-11-12(2)9-13(19)3/h6,8,10,12-14,17H,5,7,9,11H2,1-4H3. The van der Waals surface area contributed by atoms with Gasteiger partial charge in [-0.1, -0.05) is 13.8 Å². The molecule has 0 saturated carbocycles. The molecule has 1 saturated heterocycles. The van der Waals surface area contributed by atoms with Crippen LogP contribution in [0.5, 0.6) is 0 Å². The van der Waals surface area contributed by atoms with Crippen LogP contribution in [0.25, 0.3) is 0 Å². The fourth-order valence-electron chi connectivity index (χ4n) is 2.96. The van der Waals surface area contributed by atoms with E-state index in [1.54, 1.807) is 0 Å². The van der Waals surface area contributed by atoms with Gasteiger partial charge in [-0.2, -0.15) is 0 Å². The van der Waals surface area contributed by atoms with Crippen molar-refractivity contribution in [3.05, 3.63) is 23.9 Å². The van der Waals surface area contributed by atoms with Gasteiger partial charge in [-0.05, 0) is 56.8 Å². The van der Waals surface area contributed by atoms with Gasteiger partial charge in [-0.3, -0.25) is 0 Å². The van der Waals surface area contributed by atoms with E-state index in [0.717, 1.165) is 24.8 Å². The van der Waals surface area contributed by atoms with Crippen LogP contribution in [0.2, 0.25) is 0 Å². The van der Waals surface area contributed by atoms with Crippen molar-refractivity contribution in [3.63, 3.8) is 0 Å². The molecular formula is C16H27N3. The molecule has 2 heterocycles. The molecular weight excluding hydrogens is 234 g/mol. The van der Waals surface area contributed by atoms with E-state index < -0.39 is 0 Å². The van der Waals surface area contributed by atoms with Gasteiger partial charge >= 0.3 is 0 Å². The number of aromatic nitrogens is 1. The second kappa shape index (κ2) is 6.38. The third-order valence-electron chi connectivity index (χ3n) is 4.05. The molecule has 1 aliphatic heterocycles. The molecule has 2 rings (SSSR count). The molecule has 0 radical (unpaired) electrons. The van der Waals surface area contributed by atoms with Crippen LogP contribution in [0.3, 0.4) is 0 Å². The Labute approximate surface area is 117 Å². The lowest BCUT2D eigenvalue weighted by Gasteiger charge is -2.24. The topological polar surface area (TPSA) is 28.2 Å². The zero-order valence-corrected chi connectivity index (χ0v) is 12.7. The van der Waals surface area contributed by atoms with Gasteiger partial charge in [0.2, 0.25) is 0 Å². The second-order valence-corrected chi connectivity index (χ2v) is 5.97. The van der Waals surface area contributed by atoms with Gasteiger partial charge in [0.15, 0.2) is 0 Å². The minimum Gasteiger partial charge on any atom is -0.354 e. The SMILES string of the molecule is CCCNC(C)c1ccnc(N2CC(C)CC2C)c1. The number of rotatable bonds is 5. The average molecular weight is 261 g/mol. The third kappa shape index (κ3) is 3.47. The Bertz CT molecular complexity index is 405. The van der Waals surface area contributed by atoms with Crippen molar-refractivity contribution in [3.8, 4) is 0 Å². The zero-order chi connectivity index (χ0) is 13.8. The summed E-state index contributed by atoms with van der Waals surface area (Å²) >= 11 is 0. The molecule has 1 aliphatic rings. The van der Waals surface area contributed by atoms with E-state index in [1.165, 1.54) is 18.4 Å². The first-order valence-electron chi connectivity index (χ1n) is 7.57. The second-order valence-electron chi connectivity index (χ2n) is 5.97. The quantitative estimate of drug-likeness (QED) is 0.880. The summed E-state index contributed by atoms with van der Waals surface area (Å²) < 4.78 is 0. The van der Waals surface area contributed by atoms with E-state index in [9.17, 15) is 0 Å². The van der Waals surface area contributed by atoms with Crippen LogP contribution in [0.15, 0.2) is 18.3 Å². The Balaban J connectivity index is 2.10. The van der Waals surface area contributed by atoms with Crippen molar-refractivity contribution in [1.82, 2.24) is 10.3 Å². The van der Waals surface area contributed by atoms with Crippen LogP contribution in [-0.4, -0.2) is 24.1 Å². The van der Waals surface area contributed by atoms with E-state index in [4.69, 9.17) is 0 Å². The molecule has 1 N–H and O–H groups in total. The normalized spacial score (nSPS) is 24.7. The lowest BCUT2D eigenvalue weighted by Crippen LogP contribution is -2.28. The van der Waals surface area contributed by atoms with Crippen LogP contribution in [0, 0.1) is 5.92 Å². The van der Waals surface area contributed by atoms with Gasteiger partial charge in [-0.15, -0.1) is 0 Å². The van der Waals surface area contributed by atoms with Gasteiger partial charge in [0, 0.05) is 24.8 Å². The Morgan fingerprint density at radius 3 is 2.89 bits per heavy atom. The lowest BCUT2D eigenvalue weighted by molar-refractivity contribution is 0.570. The highest BCUT2D eigenvalue weighted by Gasteiger charge is 2.27. The van der Waals surface area contributed by atoms with Crippen molar-refractivity contribution in [1.29, 1.82) is 0 Å². The van der Waals surface area contributed by atoms with Gasteiger partial charge in [0.1, 0.15) is 5.82 Å². The molecule has 3 nitrogen and oxygen atoms in total. The molecule has 0 aromatic carbocycles. The predicted octanol–water partition coefficient (Wildman–Crippen LogP) is 3.38. The van der Waals surface area contributed by atoms with E-state index in [0.29, 0.717) is 12.1 Å². The van der Waals surface area contributed by atoms with E-state index in [2.05, 4.69) is 55.0 Å². The van der Waals surface area contributed by atoms with Crippen LogP contribution in [0.1, 0.15) is 52.1 Å². The summed E-state index contributed by atoms with van der Waals surface area (Å²) in [5, 5.41) is 3.54. The molecule has 3 atom stereocenters. The van der Waals surface area contributed by atoms with Gasteiger partial charge in [0.25, 0.3) is 0 Å². The maximum atomic E-state index is 4.57. The number of pyridine rings is 1. The molecule has 19 heavy (non-hydrogen) atoms. The first kappa shape index (κ1) is 14.3. The van der Waals surface area contributed by atoms with Gasteiger partial charge in [-0.25, -0.2) is 4.98 Å². The molecule has 0 amide bonds. The zero-order valence-electron chi connectivity index (χ0n) is 12.7. The van der Waals surface area contributed by atoms with Crippen molar-refractivity contribution in [2.24, 2.45) is 5.92 Å². The molecule has 0 bridgehead atoms. The predicted molar refractivity (Wildman–Crippen MR) is 81.5 cm³/mol. The maximum Gasteiger partial charge on any atom is 0.129 e. The number of nitrogens with zero attached hydrogens (tertiary/aromatic N) is 2. The first-order valence-corrected chi connectivity index (χ1v) is 7.57. The van der Waals surface area contributed by atoms with E-state index in [-0.39, 0.29) is 0 Å². The average Bonchev–Trinajstić information content (AvgIpc) is 2.75. The summed E-state index contributed by atoms with van der Waals surface area (Å²) in [7, 11) is 0. The third-order valence-corrected chi connectivity index (χ3v) is 4.05. The number of nitrogens with one attached hydrogen (secondary N) is 1. The van der Waals surface area contributed by atoms with Crippen LogP contribution < -0.4 is 10.2 Å². The molecule has 1 aromatic heterocycles. The molecule has 0 spiro atoms. The van der Waals surface area contributed by atoms with Crippen LogP contribution >= 0.6 is 0 Å². The molecule has 1 fully saturated rings. The summed E-state index contributed by atoms with van der Waals surface area (Å²) in [6, 6.07) is 5.39. The molecule has 3 unspecified atom stereocenters. The van der Waals surface area contributed by atoms with E-state index in [1.807, 2.05) is 6.20 Å². The minimum atomic E-state index is 0.400. The van der Waals surface area contributed by atoms with Gasteiger partial charge in [0.05, 0.1) is 0 Å². The van der Waals surface area contributed by atoms with E-state index >= 15 is 0 Å². The van der Waals surface area contributed by atoms with Crippen molar-refractivity contribution in [2.75, 3.05) is 18.0 Å². The number of hydrogen-bond donors (Lipinski definition) is 1. The largest absolute Gasteiger partial charge is 0.354 e. The van der Waals surface area contributed by atoms with Crippen LogP contribution in [-0.2, 0) is 0 Å². The highest BCUT2D eigenvalue weighted by Crippen LogP contribution is 2.28. The lowest BCUT2D eigenvalue weighted by atomic mass is 10.1. The van der Waals surface area contributed by atoms with Crippen molar-refractivity contribution < 1.29 is 0 Å². The molecule has 106 valence electrons. The Morgan fingerprint density at radius 1 is 1.47 bits per heavy atom. The molecule has 0 aliphatic carbocycles. The van der Waals surface area contributed by atoms with Gasteiger partial charge < -0.3 is 10.2 Å².